The molecular formula is C12H22N4S. The van der Waals surface area contributed by atoms with E-state index in [-0.39, 0.29) is 0 Å². The van der Waals surface area contributed by atoms with E-state index in [0.29, 0.717) is 5.92 Å². The van der Waals surface area contributed by atoms with Gasteiger partial charge in [0.05, 0.1) is 0 Å². The van der Waals surface area contributed by atoms with Crippen LogP contribution in [0.2, 0.25) is 0 Å². The third-order valence-electron chi connectivity index (χ3n) is 2.37. The first-order valence-corrected chi connectivity index (χ1v) is 6.76. The van der Waals surface area contributed by atoms with Crippen molar-refractivity contribution in [1.82, 2.24) is 10.3 Å². The Morgan fingerprint density at radius 2 is 2.35 bits per heavy atom. The van der Waals surface area contributed by atoms with E-state index in [1.165, 1.54) is 4.88 Å². The van der Waals surface area contributed by atoms with Crippen LogP contribution in [-0.4, -0.2) is 31.0 Å². The molecule has 0 aromatic carbocycles. The summed E-state index contributed by atoms with van der Waals surface area (Å²) >= 11 is 1.78. The Balaban J connectivity index is 2.43. The second-order valence-corrected chi connectivity index (χ2v) is 5.49. The van der Waals surface area contributed by atoms with Gasteiger partial charge >= 0.3 is 0 Å². The molecule has 4 nitrogen and oxygen atoms in total. The molecule has 96 valence electrons. The van der Waals surface area contributed by atoms with Gasteiger partial charge in [-0.05, 0) is 23.8 Å². The monoisotopic (exact) mass is 254 g/mol. The van der Waals surface area contributed by atoms with Gasteiger partial charge in [-0.2, -0.15) is 0 Å². The third kappa shape index (κ3) is 5.19. The Kier molecular flexibility index (Phi) is 6.00. The highest BCUT2D eigenvalue weighted by atomic mass is 32.1. The van der Waals surface area contributed by atoms with Crippen LogP contribution >= 0.6 is 11.3 Å². The highest BCUT2D eigenvalue weighted by molar-refractivity contribution is 7.09. The summed E-state index contributed by atoms with van der Waals surface area (Å²) in [7, 11) is 2.01. The minimum Gasteiger partial charge on any atom is -0.345 e. The van der Waals surface area contributed by atoms with Crippen LogP contribution in [0.1, 0.15) is 18.7 Å². The number of nitrogens with zero attached hydrogens (tertiary/aromatic N) is 2. The number of hydrogen-bond donors (Lipinski definition) is 2. The molecule has 0 aliphatic rings. The first kappa shape index (κ1) is 14.0. The molecule has 0 amide bonds. The summed E-state index contributed by atoms with van der Waals surface area (Å²) < 4.78 is 0. The lowest BCUT2D eigenvalue weighted by atomic mass is 10.2. The predicted molar refractivity (Wildman–Crippen MR) is 75.1 cm³/mol. The van der Waals surface area contributed by atoms with Crippen molar-refractivity contribution in [3.8, 4) is 0 Å². The van der Waals surface area contributed by atoms with Crippen molar-refractivity contribution in [1.29, 1.82) is 0 Å². The number of nitrogens with one attached hydrogen (secondary N) is 1. The predicted octanol–water partition coefficient (Wildman–Crippen LogP) is 1.70. The van der Waals surface area contributed by atoms with Gasteiger partial charge in [-0.3, -0.25) is 10.4 Å². The minimum atomic E-state index is 0.545. The lowest BCUT2D eigenvalue weighted by molar-refractivity contribution is 0.483. The fourth-order valence-corrected chi connectivity index (χ4v) is 2.08. The molecule has 17 heavy (non-hydrogen) atoms. The SMILES string of the molecule is CC(C)CN=C(NN)N(C)CCc1cccs1. The van der Waals surface area contributed by atoms with E-state index in [4.69, 9.17) is 5.84 Å². The molecule has 1 aromatic rings. The topological polar surface area (TPSA) is 53.6 Å². The smallest absolute Gasteiger partial charge is 0.208 e. The molecule has 0 atom stereocenters. The summed E-state index contributed by atoms with van der Waals surface area (Å²) in [5, 5.41) is 2.10. The minimum absolute atomic E-state index is 0.545. The maximum Gasteiger partial charge on any atom is 0.208 e. The van der Waals surface area contributed by atoms with Crippen molar-refractivity contribution < 1.29 is 0 Å². The van der Waals surface area contributed by atoms with Gasteiger partial charge < -0.3 is 4.90 Å². The van der Waals surface area contributed by atoms with Gasteiger partial charge in [0.25, 0.3) is 0 Å². The van der Waals surface area contributed by atoms with Gasteiger partial charge in [-0.25, -0.2) is 5.84 Å². The van der Waals surface area contributed by atoms with Crippen LogP contribution in [-0.2, 0) is 6.42 Å². The Labute approximate surface area is 108 Å². The summed E-state index contributed by atoms with van der Waals surface area (Å²) in [6, 6.07) is 4.23. The molecule has 0 aliphatic carbocycles. The lowest BCUT2D eigenvalue weighted by Crippen LogP contribution is -2.43. The molecular weight excluding hydrogens is 232 g/mol. The summed E-state index contributed by atoms with van der Waals surface area (Å²) in [4.78, 5) is 7.90. The Morgan fingerprint density at radius 1 is 1.59 bits per heavy atom. The zero-order valence-corrected chi connectivity index (χ0v) is 11.6. The van der Waals surface area contributed by atoms with E-state index in [9.17, 15) is 0 Å². The molecule has 0 bridgehead atoms. The summed E-state index contributed by atoms with van der Waals surface area (Å²) in [5.74, 6) is 6.79. The molecule has 0 radical (unpaired) electrons. The number of guanidine groups is 1. The van der Waals surface area contributed by atoms with Gasteiger partial charge in [0.1, 0.15) is 0 Å². The standard InChI is InChI=1S/C12H22N4S/c1-10(2)9-14-12(15-13)16(3)7-6-11-5-4-8-17-11/h4-5,8,10H,6-7,9,13H2,1-3H3,(H,14,15). The molecule has 0 saturated carbocycles. The van der Waals surface area contributed by atoms with Crippen molar-refractivity contribution >= 4 is 17.3 Å². The average molecular weight is 254 g/mol. The van der Waals surface area contributed by atoms with Crippen molar-refractivity contribution in [3.05, 3.63) is 22.4 Å². The highest BCUT2D eigenvalue weighted by Crippen LogP contribution is 2.09. The number of thiophene rings is 1. The third-order valence-corrected chi connectivity index (χ3v) is 3.31. The number of likely N-dealkylation sites (N-methyl/N-ethyl adjacent to an activating group) is 1. The fraction of sp³-hybridized carbons (Fsp3) is 0.583. The quantitative estimate of drug-likeness (QED) is 0.364. The zero-order valence-electron chi connectivity index (χ0n) is 10.8. The van der Waals surface area contributed by atoms with Crippen LogP contribution in [0.15, 0.2) is 22.5 Å². The number of hydrogen-bond acceptors (Lipinski definition) is 3. The Morgan fingerprint density at radius 3 is 2.88 bits per heavy atom. The van der Waals surface area contributed by atoms with E-state index < -0.39 is 0 Å². The van der Waals surface area contributed by atoms with Gasteiger partial charge in [0.2, 0.25) is 5.96 Å². The van der Waals surface area contributed by atoms with E-state index in [1.54, 1.807) is 11.3 Å². The molecule has 0 aliphatic heterocycles. The Bertz CT molecular complexity index is 332. The summed E-state index contributed by atoms with van der Waals surface area (Å²) in [5.41, 5.74) is 2.67. The average Bonchev–Trinajstić information content (AvgIpc) is 2.79. The second-order valence-electron chi connectivity index (χ2n) is 4.45. The van der Waals surface area contributed by atoms with Crippen LogP contribution in [0.3, 0.4) is 0 Å². The van der Waals surface area contributed by atoms with Gasteiger partial charge in [-0.1, -0.05) is 19.9 Å². The van der Waals surface area contributed by atoms with E-state index in [2.05, 4.69) is 46.7 Å². The van der Waals surface area contributed by atoms with Crippen molar-refractivity contribution in [2.24, 2.45) is 16.8 Å². The van der Waals surface area contributed by atoms with Gasteiger partial charge in [0, 0.05) is 25.0 Å². The van der Waals surface area contributed by atoms with Crippen LogP contribution in [0.25, 0.3) is 0 Å². The van der Waals surface area contributed by atoms with Crippen molar-refractivity contribution in [2.75, 3.05) is 20.1 Å². The lowest BCUT2D eigenvalue weighted by Gasteiger charge is -2.20. The summed E-state index contributed by atoms with van der Waals surface area (Å²) in [6.07, 6.45) is 1.02. The van der Waals surface area contributed by atoms with Crippen LogP contribution < -0.4 is 11.3 Å². The molecule has 1 heterocycles. The van der Waals surface area contributed by atoms with Crippen LogP contribution in [0.5, 0.6) is 0 Å². The van der Waals surface area contributed by atoms with Gasteiger partial charge in [0.15, 0.2) is 0 Å². The van der Waals surface area contributed by atoms with Crippen LogP contribution in [0.4, 0.5) is 0 Å². The molecule has 0 saturated heterocycles. The maximum absolute atomic E-state index is 5.49. The second kappa shape index (κ2) is 7.29. The maximum atomic E-state index is 5.49. The van der Waals surface area contributed by atoms with Gasteiger partial charge in [-0.15, -0.1) is 11.3 Å². The molecule has 0 spiro atoms. The number of nitrogens with two attached hydrogens (primary N) is 1. The molecule has 0 fully saturated rings. The fourth-order valence-electron chi connectivity index (χ4n) is 1.38. The number of rotatable bonds is 5. The summed E-state index contributed by atoms with van der Waals surface area (Å²) in [6.45, 7) is 6.00. The molecule has 1 aromatic heterocycles. The zero-order chi connectivity index (χ0) is 12.7. The largest absolute Gasteiger partial charge is 0.345 e. The molecule has 5 heteroatoms. The first-order valence-electron chi connectivity index (χ1n) is 5.88. The Hall–Kier alpha value is -1.07. The van der Waals surface area contributed by atoms with E-state index in [1.807, 2.05) is 7.05 Å². The molecule has 3 N–H and O–H groups in total. The van der Waals surface area contributed by atoms with Crippen molar-refractivity contribution in [2.45, 2.75) is 20.3 Å². The normalized spacial score (nSPS) is 11.9. The number of hydrazine groups is 1. The van der Waals surface area contributed by atoms with Crippen molar-refractivity contribution in [3.63, 3.8) is 0 Å². The van der Waals surface area contributed by atoms with Crippen LogP contribution in [0, 0.1) is 5.92 Å². The number of aliphatic imine (C=N–C) groups is 1. The van der Waals surface area contributed by atoms with E-state index >= 15 is 0 Å². The van der Waals surface area contributed by atoms with E-state index in [0.717, 1.165) is 25.5 Å². The first-order chi connectivity index (χ1) is 8.13. The molecule has 0 unspecified atom stereocenters. The molecule has 1 rings (SSSR count). The highest BCUT2D eigenvalue weighted by Gasteiger charge is 2.05.